The Morgan fingerprint density at radius 3 is 1.53 bits per heavy atom. The number of barbiturate groups is 2. The van der Waals surface area contributed by atoms with E-state index >= 15 is 0 Å². The van der Waals surface area contributed by atoms with Crippen molar-refractivity contribution in [2.75, 3.05) is 42.5 Å². The van der Waals surface area contributed by atoms with Crippen LogP contribution < -0.4 is 16.0 Å². The molecule has 2 atom stereocenters. The molecule has 2 unspecified atom stereocenters. The first kappa shape index (κ1) is 31.0. The van der Waals surface area contributed by atoms with Gasteiger partial charge < -0.3 is 14.2 Å². The number of imide groups is 4. The smallest absolute Gasteiger partial charge is 0.332 e. The molecule has 8 amide bonds. The maximum atomic E-state index is 11.0. The van der Waals surface area contributed by atoms with Crippen molar-refractivity contribution in [2.45, 2.75) is 45.5 Å². The molecule has 3 saturated heterocycles. The molecule has 0 aromatic carbocycles. The van der Waals surface area contributed by atoms with E-state index in [4.69, 9.17) is 14.2 Å². The van der Waals surface area contributed by atoms with Crippen LogP contribution in [0, 0.1) is 0 Å². The van der Waals surface area contributed by atoms with Gasteiger partial charge in [-0.2, -0.15) is 0 Å². The molecule has 0 radical (unpaired) electrons. The zero-order chi connectivity index (χ0) is 25.3. The van der Waals surface area contributed by atoms with Gasteiger partial charge in [0.1, 0.15) is 25.3 Å². The molecular weight excluding hydrogens is 456 g/mol. The second kappa shape index (κ2) is 14.3. The average molecular weight is 491 g/mol. The van der Waals surface area contributed by atoms with Crippen molar-refractivity contribution in [3.05, 3.63) is 0 Å². The van der Waals surface area contributed by atoms with Crippen molar-refractivity contribution < 1.29 is 43.0 Å². The fourth-order valence-corrected chi connectivity index (χ4v) is 2.60. The molecule has 0 saturated carbocycles. The minimum atomic E-state index is -0.652. The van der Waals surface area contributed by atoms with Gasteiger partial charge in [0.25, 0.3) is 0 Å². The van der Waals surface area contributed by atoms with Crippen LogP contribution in [0.1, 0.15) is 26.7 Å². The Morgan fingerprint density at radius 1 is 0.706 bits per heavy atom. The molecule has 3 rings (SSSR count). The van der Waals surface area contributed by atoms with Gasteiger partial charge in [-0.3, -0.25) is 49.8 Å². The number of carbonyl (C=O) groups is 6. The summed E-state index contributed by atoms with van der Waals surface area (Å²) in [4.78, 5) is 67.0. The fourth-order valence-electron chi connectivity index (χ4n) is 2.60. The summed E-state index contributed by atoms with van der Waals surface area (Å²) in [6.45, 7) is 0. The number of carbonyl (C=O) groups excluding carboxylic acids is 6. The highest BCUT2D eigenvalue weighted by atomic mass is 16.5. The maximum absolute atomic E-state index is 11.0. The summed E-state index contributed by atoms with van der Waals surface area (Å²) in [6.07, 6.45) is 0.101. The third-order valence-corrected chi connectivity index (χ3v) is 4.77. The van der Waals surface area contributed by atoms with E-state index in [-0.39, 0.29) is 39.1 Å². The lowest BCUT2D eigenvalue weighted by molar-refractivity contribution is -0.141. The standard InChI is InChI=1S/C7H16N2O3.C6H8N2O3.C5H6N2O3.CH4/c1-10-5-4-6(11-2)9-7(8-5)12-3;1-7-4(9)3-5(10)8(2)6(7)11;1-7-4(9)2-3(8)6-5(7)10;/h5-9H,4H2,1-3H3;3H2,1-2H3;2H2,1H3,(H,6,8,10);1H4. The van der Waals surface area contributed by atoms with E-state index in [1.54, 1.807) is 21.3 Å². The largest absolute Gasteiger partial charge is 0.366 e. The van der Waals surface area contributed by atoms with Gasteiger partial charge in [0, 0.05) is 48.9 Å². The van der Waals surface area contributed by atoms with Gasteiger partial charge in [0.05, 0.1) is 0 Å². The summed E-state index contributed by atoms with van der Waals surface area (Å²) in [5.41, 5.74) is 0. The lowest BCUT2D eigenvalue weighted by Crippen LogP contribution is -2.59. The van der Waals surface area contributed by atoms with Crippen molar-refractivity contribution in [3.63, 3.8) is 0 Å². The Morgan fingerprint density at radius 2 is 1.15 bits per heavy atom. The summed E-state index contributed by atoms with van der Waals surface area (Å²) < 4.78 is 15.4. The molecule has 15 nitrogen and oxygen atoms in total. The number of urea groups is 2. The fraction of sp³-hybridized carbons (Fsp3) is 0.684. The Kier molecular flexibility index (Phi) is 13.1. The molecule has 3 aliphatic heterocycles. The second-order valence-corrected chi connectivity index (χ2v) is 6.98. The van der Waals surface area contributed by atoms with Crippen LogP contribution in [0.4, 0.5) is 9.59 Å². The summed E-state index contributed by atoms with van der Waals surface area (Å²) in [6, 6.07) is -1.22. The van der Waals surface area contributed by atoms with Crippen LogP contribution in [-0.4, -0.2) is 112 Å². The molecule has 0 spiro atoms. The van der Waals surface area contributed by atoms with Crippen LogP contribution in [0.15, 0.2) is 0 Å². The summed E-state index contributed by atoms with van der Waals surface area (Å²) in [5, 5.41) is 8.15. The van der Waals surface area contributed by atoms with Crippen molar-refractivity contribution in [3.8, 4) is 0 Å². The molecule has 194 valence electrons. The first-order valence-corrected chi connectivity index (χ1v) is 9.73. The number of methoxy groups -OCH3 is 3. The highest BCUT2D eigenvalue weighted by Gasteiger charge is 2.32. The van der Waals surface area contributed by atoms with Gasteiger partial charge in [0.2, 0.25) is 23.6 Å². The highest BCUT2D eigenvalue weighted by molar-refractivity contribution is 6.14. The second-order valence-electron chi connectivity index (χ2n) is 6.98. The molecule has 0 aromatic heterocycles. The molecule has 3 aliphatic rings. The van der Waals surface area contributed by atoms with Gasteiger partial charge in [0.15, 0.2) is 6.35 Å². The third kappa shape index (κ3) is 8.75. The van der Waals surface area contributed by atoms with Crippen LogP contribution in [0.25, 0.3) is 0 Å². The van der Waals surface area contributed by atoms with Gasteiger partial charge >= 0.3 is 12.1 Å². The van der Waals surface area contributed by atoms with E-state index < -0.39 is 35.7 Å². The number of rotatable bonds is 3. The van der Waals surface area contributed by atoms with Crippen molar-refractivity contribution in [2.24, 2.45) is 0 Å². The monoisotopic (exact) mass is 490 g/mol. The topological polar surface area (TPSA) is 176 Å². The molecule has 15 heteroatoms. The molecule has 34 heavy (non-hydrogen) atoms. The van der Waals surface area contributed by atoms with Gasteiger partial charge in [-0.1, -0.05) is 7.43 Å². The van der Waals surface area contributed by atoms with Crippen molar-refractivity contribution in [1.29, 1.82) is 0 Å². The van der Waals surface area contributed by atoms with E-state index in [1.807, 2.05) is 5.32 Å². The van der Waals surface area contributed by atoms with E-state index in [9.17, 15) is 28.8 Å². The van der Waals surface area contributed by atoms with Gasteiger partial charge in [-0.15, -0.1) is 0 Å². The number of ether oxygens (including phenoxy) is 3. The zero-order valence-corrected chi connectivity index (χ0v) is 19.4. The predicted octanol–water partition coefficient (Wildman–Crippen LogP) is -1.41. The van der Waals surface area contributed by atoms with Gasteiger partial charge in [-0.25, -0.2) is 9.59 Å². The Balaban J connectivity index is 0.000000475. The number of nitrogens with one attached hydrogen (secondary N) is 3. The zero-order valence-electron chi connectivity index (χ0n) is 19.4. The van der Waals surface area contributed by atoms with E-state index in [0.717, 1.165) is 21.1 Å². The average Bonchev–Trinajstić information content (AvgIpc) is 2.80. The molecule has 0 bridgehead atoms. The van der Waals surface area contributed by atoms with Gasteiger partial charge in [-0.05, 0) is 0 Å². The van der Waals surface area contributed by atoms with Crippen LogP contribution in [0.2, 0.25) is 0 Å². The highest BCUT2D eigenvalue weighted by Crippen LogP contribution is 2.08. The quantitative estimate of drug-likeness (QED) is 0.396. The SMILES string of the molecule is C.CN1C(=O)CC(=O)N(C)C1=O.CN1C(=O)CC(=O)NC1=O.COC1CC(OC)NC(OC)N1. The van der Waals surface area contributed by atoms with E-state index in [1.165, 1.54) is 21.1 Å². The third-order valence-electron chi connectivity index (χ3n) is 4.77. The number of amides is 8. The number of nitrogens with zero attached hydrogens (tertiary/aromatic N) is 3. The Labute approximate surface area is 198 Å². The predicted molar refractivity (Wildman–Crippen MR) is 116 cm³/mol. The van der Waals surface area contributed by atoms with E-state index in [2.05, 4.69) is 10.6 Å². The molecule has 3 fully saturated rings. The van der Waals surface area contributed by atoms with E-state index in [0.29, 0.717) is 0 Å². The minimum absolute atomic E-state index is 0. The van der Waals surface area contributed by atoms with Crippen molar-refractivity contribution >= 4 is 35.7 Å². The number of hydrogen-bond donors (Lipinski definition) is 3. The number of hydrogen-bond acceptors (Lipinski definition) is 11. The Hall–Kier alpha value is -2.98. The summed E-state index contributed by atoms with van der Waals surface area (Å²) in [5.74, 6) is -1.89. The first-order valence-electron chi connectivity index (χ1n) is 9.73. The molecule has 0 aliphatic carbocycles. The molecule has 0 aromatic rings. The van der Waals surface area contributed by atoms with Crippen LogP contribution >= 0.6 is 0 Å². The van der Waals surface area contributed by atoms with Crippen LogP contribution in [0.5, 0.6) is 0 Å². The molecular formula is C19H34N6O9. The van der Waals surface area contributed by atoms with Crippen molar-refractivity contribution in [1.82, 2.24) is 30.7 Å². The summed E-state index contributed by atoms with van der Waals surface area (Å²) in [7, 11) is 8.96. The normalized spacial score (nSPS) is 25.0. The van der Waals surface area contributed by atoms with Crippen LogP contribution in [0.3, 0.4) is 0 Å². The molecule has 3 heterocycles. The first-order chi connectivity index (χ1) is 15.4. The van der Waals surface area contributed by atoms with Crippen LogP contribution in [-0.2, 0) is 33.4 Å². The maximum Gasteiger partial charge on any atom is 0.332 e. The Bertz CT molecular complexity index is 706. The lowest BCUT2D eigenvalue weighted by atomic mass is 10.3. The molecule has 3 N–H and O–H groups in total. The lowest BCUT2D eigenvalue weighted by Gasteiger charge is -2.34. The minimum Gasteiger partial charge on any atom is -0.366 e. The summed E-state index contributed by atoms with van der Waals surface area (Å²) >= 11 is 0.